The van der Waals surface area contributed by atoms with Crippen LogP contribution in [0.4, 0.5) is 0 Å². The highest BCUT2D eigenvalue weighted by molar-refractivity contribution is 7.11. The number of thiophene rings is 1. The summed E-state index contributed by atoms with van der Waals surface area (Å²) in [4.78, 5) is 15.0. The first-order valence-corrected chi connectivity index (χ1v) is 9.02. The molecule has 1 saturated heterocycles. The molecule has 0 amide bonds. The summed E-state index contributed by atoms with van der Waals surface area (Å²) in [6.07, 6.45) is 7.16. The quantitative estimate of drug-likeness (QED) is 0.760. The van der Waals surface area contributed by atoms with Crippen molar-refractivity contribution in [3.8, 4) is 5.06 Å². The van der Waals surface area contributed by atoms with Crippen molar-refractivity contribution in [3.05, 3.63) is 17.5 Å². The first kappa shape index (κ1) is 17.8. The molecule has 2 atom stereocenters. The number of likely N-dealkylation sites (tertiary alicyclic amines) is 1. The molecule has 0 radical (unpaired) electrons. The third-order valence-electron chi connectivity index (χ3n) is 4.99. The van der Waals surface area contributed by atoms with Crippen LogP contribution in [-0.2, 0) is 4.79 Å². The molecule has 22 heavy (non-hydrogen) atoms. The zero-order chi connectivity index (χ0) is 14.7. The van der Waals surface area contributed by atoms with Crippen molar-refractivity contribution in [2.24, 2.45) is 11.3 Å². The van der Waals surface area contributed by atoms with Crippen LogP contribution in [0.25, 0.3) is 0 Å². The molecule has 3 nitrogen and oxygen atoms in total. The van der Waals surface area contributed by atoms with E-state index in [1.54, 1.807) is 0 Å². The van der Waals surface area contributed by atoms with Gasteiger partial charge in [0.05, 0.1) is 5.41 Å². The van der Waals surface area contributed by atoms with Crippen LogP contribution >= 0.6 is 23.7 Å². The molecule has 2 aliphatic rings. The Morgan fingerprint density at radius 2 is 2.18 bits per heavy atom. The van der Waals surface area contributed by atoms with E-state index in [-0.39, 0.29) is 23.8 Å². The maximum Gasteiger partial charge on any atom is 0.317 e. The summed E-state index contributed by atoms with van der Waals surface area (Å²) < 4.78 is 5.55. The number of esters is 1. The van der Waals surface area contributed by atoms with Crippen molar-refractivity contribution >= 4 is 29.7 Å². The Kier molecular flexibility index (Phi) is 6.30. The van der Waals surface area contributed by atoms with Gasteiger partial charge in [-0.3, -0.25) is 4.79 Å². The van der Waals surface area contributed by atoms with E-state index in [4.69, 9.17) is 4.74 Å². The normalized spacial score (nSPS) is 29.0. The summed E-state index contributed by atoms with van der Waals surface area (Å²) in [5, 5.41) is 2.67. The van der Waals surface area contributed by atoms with Crippen molar-refractivity contribution in [2.45, 2.75) is 45.4 Å². The number of nitrogens with zero attached hydrogens (tertiary/aromatic N) is 1. The van der Waals surface area contributed by atoms with Gasteiger partial charge in [0, 0.05) is 6.54 Å². The fraction of sp³-hybridized carbons (Fsp3) is 0.706. The number of piperidine rings is 1. The minimum atomic E-state index is -0.287. The maximum absolute atomic E-state index is 12.4. The van der Waals surface area contributed by atoms with Gasteiger partial charge in [0.2, 0.25) is 0 Å². The molecule has 0 bridgehead atoms. The number of rotatable bonds is 4. The van der Waals surface area contributed by atoms with Crippen molar-refractivity contribution < 1.29 is 9.53 Å². The molecule has 2 fully saturated rings. The van der Waals surface area contributed by atoms with Gasteiger partial charge >= 0.3 is 5.97 Å². The number of hydrogen-bond donors (Lipinski definition) is 0. The Bertz CT molecular complexity index is 473. The molecular formula is C17H26ClNO2S. The molecule has 5 heteroatoms. The highest BCUT2D eigenvalue weighted by Crippen LogP contribution is 2.43. The van der Waals surface area contributed by atoms with Gasteiger partial charge in [0.25, 0.3) is 0 Å². The first-order chi connectivity index (χ1) is 10.2. The van der Waals surface area contributed by atoms with Crippen molar-refractivity contribution in [3.63, 3.8) is 0 Å². The lowest BCUT2D eigenvalue weighted by atomic mass is 9.87. The number of carbonyl (C=O) groups is 1. The number of halogens is 1. The molecule has 0 aromatic carbocycles. The zero-order valence-corrected chi connectivity index (χ0v) is 14.9. The van der Waals surface area contributed by atoms with Crippen molar-refractivity contribution in [1.29, 1.82) is 0 Å². The molecule has 2 heterocycles. The summed E-state index contributed by atoms with van der Waals surface area (Å²) in [7, 11) is 0. The summed E-state index contributed by atoms with van der Waals surface area (Å²) in [5.74, 6) is 0.620. The summed E-state index contributed by atoms with van der Waals surface area (Å²) in [6, 6.07) is 3.79. The summed E-state index contributed by atoms with van der Waals surface area (Å²) >= 11 is 1.49. The van der Waals surface area contributed by atoms with Gasteiger partial charge in [-0.25, -0.2) is 0 Å². The van der Waals surface area contributed by atoms with Gasteiger partial charge < -0.3 is 9.64 Å². The first-order valence-electron chi connectivity index (χ1n) is 8.14. The zero-order valence-electron chi connectivity index (χ0n) is 13.3. The number of ether oxygens (including phenoxy) is 1. The van der Waals surface area contributed by atoms with Gasteiger partial charge in [-0.15, -0.1) is 23.7 Å². The minimum Gasteiger partial charge on any atom is -0.415 e. The predicted molar refractivity (Wildman–Crippen MR) is 92.9 cm³/mol. The summed E-state index contributed by atoms with van der Waals surface area (Å²) in [5.41, 5.74) is -0.287. The van der Waals surface area contributed by atoms with Gasteiger partial charge in [-0.2, -0.15) is 0 Å². The van der Waals surface area contributed by atoms with Crippen LogP contribution in [0, 0.1) is 11.3 Å². The topological polar surface area (TPSA) is 29.5 Å². The van der Waals surface area contributed by atoms with E-state index in [0.29, 0.717) is 5.92 Å². The van der Waals surface area contributed by atoms with Crippen LogP contribution in [-0.4, -0.2) is 30.5 Å². The Morgan fingerprint density at radius 3 is 2.86 bits per heavy atom. The fourth-order valence-corrected chi connectivity index (χ4v) is 4.32. The molecule has 1 aromatic rings. The van der Waals surface area contributed by atoms with Gasteiger partial charge in [0.1, 0.15) is 0 Å². The molecule has 0 N–H and O–H groups in total. The van der Waals surface area contributed by atoms with E-state index >= 15 is 0 Å². The highest BCUT2D eigenvalue weighted by Gasteiger charge is 2.43. The standard InChI is InChI=1S/C17H25NO2S.ClH/c1-17(16(19)20-15-6-5-11-21-15)8-7-14(12-17)13-18-9-3-2-4-10-18;/h5-6,11,14H,2-4,7-10,12-13H2,1H3;1H. The molecule has 1 aliphatic heterocycles. The highest BCUT2D eigenvalue weighted by atomic mass is 35.5. The van der Waals surface area contributed by atoms with Crippen LogP contribution in [0.3, 0.4) is 0 Å². The molecule has 1 aromatic heterocycles. The van der Waals surface area contributed by atoms with Gasteiger partial charge in [-0.05, 0) is 75.5 Å². The third-order valence-corrected chi connectivity index (χ3v) is 5.73. The molecule has 124 valence electrons. The van der Waals surface area contributed by atoms with Crippen molar-refractivity contribution in [1.82, 2.24) is 4.90 Å². The van der Waals surface area contributed by atoms with Crippen LogP contribution < -0.4 is 4.74 Å². The van der Waals surface area contributed by atoms with Crippen LogP contribution in [0.15, 0.2) is 17.5 Å². The largest absolute Gasteiger partial charge is 0.415 e. The molecule has 3 rings (SSSR count). The lowest BCUT2D eigenvalue weighted by molar-refractivity contribution is -0.144. The van der Waals surface area contributed by atoms with Crippen LogP contribution in [0.2, 0.25) is 0 Å². The molecule has 0 spiro atoms. The van der Waals surface area contributed by atoms with E-state index in [0.717, 1.165) is 24.3 Å². The number of carbonyl (C=O) groups excluding carboxylic acids is 1. The van der Waals surface area contributed by atoms with E-state index < -0.39 is 0 Å². The minimum absolute atomic E-state index is 0. The van der Waals surface area contributed by atoms with Crippen molar-refractivity contribution in [2.75, 3.05) is 19.6 Å². The molecule has 2 unspecified atom stereocenters. The maximum atomic E-state index is 12.4. The monoisotopic (exact) mass is 343 g/mol. The smallest absolute Gasteiger partial charge is 0.317 e. The van der Waals surface area contributed by atoms with Crippen LogP contribution in [0.5, 0.6) is 5.06 Å². The second-order valence-electron chi connectivity index (χ2n) is 6.85. The lowest BCUT2D eigenvalue weighted by Gasteiger charge is -2.29. The Balaban J connectivity index is 0.00000176. The van der Waals surface area contributed by atoms with Crippen LogP contribution in [0.1, 0.15) is 45.4 Å². The molecule has 1 aliphatic carbocycles. The Morgan fingerprint density at radius 1 is 1.41 bits per heavy atom. The van der Waals surface area contributed by atoms with Gasteiger partial charge in [-0.1, -0.05) is 6.42 Å². The lowest BCUT2D eigenvalue weighted by Crippen LogP contribution is -2.35. The average molecular weight is 344 g/mol. The molecule has 1 saturated carbocycles. The van der Waals surface area contributed by atoms with E-state index in [2.05, 4.69) is 11.8 Å². The SMILES string of the molecule is CC1(C(=O)Oc2cccs2)CCC(CN2CCCCC2)C1.Cl. The van der Waals surface area contributed by atoms with E-state index in [9.17, 15) is 4.79 Å². The van der Waals surface area contributed by atoms with E-state index in [1.807, 2.05) is 17.5 Å². The Hall–Kier alpha value is -0.580. The fourth-order valence-electron chi connectivity index (χ4n) is 3.75. The van der Waals surface area contributed by atoms with E-state index in [1.165, 1.54) is 50.2 Å². The Labute approximate surface area is 143 Å². The third kappa shape index (κ3) is 4.24. The van der Waals surface area contributed by atoms with Gasteiger partial charge in [0.15, 0.2) is 5.06 Å². The summed E-state index contributed by atoms with van der Waals surface area (Å²) in [6.45, 7) is 5.74. The second kappa shape index (κ2) is 7.80. The molecular weight excluding hydrogens is 318 g/mol. The number of hydrogen-bond acceptors (Lipinski definition) is 4. The average Bonchev–Trinajstić information content (AvgIpc) is 3.11. The predicted octanol–water partition coefficient (Wildman–Crippen LogP) is 4.37. The second-order valence-corrected chi connectivity index (χ2v) is 7.76.